The predicted octanol–water partition coefficient (Wildman–Crippen LogP) is 3.76. The van der Waals surface area contributed by atoms with Gasteiger partial charge in [0.2, 0.25) is 5.91 Å². The lowest BCUT2D eigenvalue weighted by Crippen LogP contribution is -2.48. The van der Waals surface area contributed by atoms with Crippen molar-refractivity contribution in [2.75, 3.05) is 46.2 Å². The van der Waals surface area contributed by atoms with Crippen LogP contribution in [0.1, 0.15) is 16.7 Å². The summed E-state index contributed by atoms with van der Waals surface area (Å²) in [5, 5.41) is 0. The molecule has 0 aliphatic carbocycles. The summed E-state index contributed by atoms with van der Waals surface area (Å²) in [5.74, 6) is 2.41. The summed E-state index contributed by atoms with van der Waals surface area (Å²) in [7, 11) is 3.36. The number of piperazine rings is 1. The van der Waals surface area contributed by atoms with Crippen LogP contribution in [0, 0.1) is 13.8 Å². The van der Waals surface area contributed by atoms with Gasteiger partial charge < -0.3 is 14.4 Å². The molecule has 1 fully saturated rings. The zero-order chi connectivity index (χ0) is 20.8. The molecule has 1 heterocycles. The molecule has 0 bridgehead atoms. The summed E-state index contributed by atoms with van der Waals surface area (Å²) >= 11 is 1.64. The van der Waals surface area contributed by atoms with Crippen molar-refractivity contribution in [3.05, 3.63) is 53.1 Å². The van der Waals surface area contributed by atoms with Crippen LogP contribution < -0.4 is 9.47 Å². The number of amides is 1. The second kappa shape index (κ2) is 10.0. The average molecular weight is 415 g/mol. The number of thioether (sulfide) groups is 1. The van der Waals surface area contributed by atoms with Crippen molar-refractivity contribution in [3.8, 4) is 11.5 Å². The first-order valence-corrected chi connectivity index (χ1v) is 10.9. The molecule has 0 spiro atoms. The van der Waals surface area contributed by atoms with E-state index in [2.05, 4.69) is 36.9 Å². The number of hydrogen-bond donors (Lipinski definition) is 0. The lowest BCUT2D eigenvalue weighted by molar-refractivity contribution is -0.130. The minimum Gasteiger partial charge on any atom is -0.497 e. The van der Waals surface area contributed by atoms with Crippen LogP contribution in [0.25, 0.3) is 0 Å². The highest BCUT2D eigenvalue weighted by Crippen LogP contribution is 2.26. The van der Waals surface area contributed by atoms with E-state index in [9.17, 15) is 4.79 Å². The largest absolute Gasteiger partial charge is 0.497 e. The number of carbonyl (C=O) groups is 1. The molecule has 0 saturated carbocycles. The molecule has 1 aliphatic heterocycles. The highest BCUT2D eigenvalue weighted by Gasteiger charge is 2.22. The Morgan fingerprint density at radius 1 is 1.00 bits per heavy atom. The predicted molar refractivity (Wildman–Crippen MR) is 118 cm³/mol. The maximum absolute atomic E-state index is 12.7. The highest BCUT2D eigenvalue weighted by molar-refractivity contribution is 8.00. The SMILES string of the molecule is COc1ccc(OC)c(CN2CCN(C(=O)CSc3cc(C)ccc3C)CC2)c1. The van der Waals surface area contributed by atoms with Gasteiger partial charge in [-0.15, -0.1) is 11.8 Å². The van der Waals surface area contributed by atoms with Gasteiger partial charge in [0.25, 0.3) is 0 Å². The van der Waals surface area contributed by atoms with Crippen LogP contribution >= 0.6 is 11.8 Å². The van der Waals surface area contributed by atoms with Gasteiger partial charge in [0.1, 0.15) is 11.5 Å². The summed E-state index contributed by atoms with van der Waals surface area (Å²) in [6.45, 7) is 8.22. The fourth-order valence-corrected chi connectivity index (χ4v) is 4.52. The Morgan fingerprint density at radius 3 is 2.45 bits per heavy atom. The number of ether oxygens (including phenoxy) is 2. The topological polar surface area (TPSA) is 42.0 Å². The summed E-state index contributed by atoms with van der Waals surface area (Å²) in [4.78, 5) is 18.2. The summed E-state index contributed by atoms with van der Waals surface area (Å²) < 4.78 is 10.8. The van der Waals surface area contributed by atoms with Gasteiger partial charge in [-0.25, -0.2) is 0 Å². The van der Waals surface area contributed by atoms with E-state index < -0.39 is 0 Å². The third kappa shape index (κ3) is 5.67. The molecule has 2 aromatic rings. The Balaban J connectivity index is 1.51. The van der Waals surface area contributed by atoms with E-state index in [0.29, 0.717) is 5.75 Å². The van der Waals surface area contributed by atoms with Crippen molar-refractivity contribution in [2.24, 2.45) is 0 Å². The Bertz CT molecular complexity index is 848. The van der Waals surface area contributed by atoms with E-state index in [0.717, 1.165) is 49.8 Å². The normalized spacial score (nSPS) is 14.7. The van der Waals surface area contributed by atoms with Crippen molar-refractivity contribution in [1.29, 1.82) is 0 Å². The molecule has 6 heteroatoms. The zero-order valence-electron chi connectivity index (χ0n) is 17.7. The van der Waals surface area contributed by atoms with E-state index in [1.165, 1.54) is 16.0 Å². The lowest BCUT2D eigenvalue weighted by atomic mass is 10.1. The van der Waals surface area contributed by atoms with Gasteiger partial charge in [-0.2, -0.15) is 0 Å². The van der Waals surface area contributed by atoms with Crippen LogP contribution in [0.4, 0.5) is 0 Å². The number of rotatable bonds is 7. The fourth-order valence-electron chi connectivity index (χ4n) is 3.50. The standard InChI is InChI=1S/C23H30N2O3S/c1-17-5-6-18(2)22(13-17)29-16-23(26)25-11-9-24(10-12-25)15-19-14-20(27-3)7-8-21(19)28-4/h5-8,13-14H,9-12,15-16H2,1-4H3. The second-order valence-corrected chi connectivity index (χ2v) is 8.41. The van der Waals surface area contributed by atoms with E-state index >= 15 is 0 Å². The molecule has 5 nitrogen and oxygen atoms in total. The minimum absolute atomic E-state index is 0.217. The van der Waals surface area contributed by atoms with Crippen LogP contribution in [-0.4, -0.2) is 61.9 Å². The van der Waals surface area contributed by atoms with Crippen LogP contribution in [0.2, 0.25) is 0 Å². The molecular weight excluding hydrogens is 384 g/mol. The maximum atomic E-state index is 12.7. The first-order chi connectivity index (χ1) is 14.0. The first-order valence-electron chi connectivity index (χ1n) is 9.91. The Morgan fingerprint density at radius 2 is 1.76 bits per heavy atom. The molecule has 0 atom stereocenters. The average Bonchev–Trinajstić information content (AvgIpc) is 2.74. The molecule has 29 heavy (non-hydrogen) atoms. The number of nitrogens with zero attached hydrogens (tertiary/aromatic N) is 2. The molecule has 1 saturated heterocycles. The zero-order valence-corrected chi connectivity index (χ0v) is 18.6. The lowest BCUT2D eigenvalue weighted by Gasteiger charge is -2.35. The molecule has 0 unspecified atom stereocenters. The van der Waals surface area contributed by atoms with Gasteiger partial charge in [-0.1, -0.05) is 17.7 Å². The van der Waals surface area contributed by atoms with E-state index in [4.69, 9.17) is 9.47 Å². The maximum Gasteiger partial charge on any atom is 0.233 e. The quantitative estimate of drug-likeness (QED) is 0.646. The van der Waals surface area contributed by atoms with Crippen molar-refractivity contribution in [2.45, 2.75) is 25.3 Å². The van der Waals surface area contributed by atoms with Gasteiger partial charge in [0, 0.05) is 43.2 Å². The van der Waals surface area contributed by atoms with Crippen molar-refractivity contribution < 1.29 is 14.3 Å². The first kappa shape index (κ1) is 21.5. The summed E-state index contributed by atoms with van der Waals surface area (Å²) in [5.41, 5.74) is 3.56. The molecule has 0 radical (unpaired) electrons. The summed E-state index contributed by atoms with van der Waals surface area (Å²) in [6.07, 6.45) is 0. The molecule has 2 aromatic carbocycles. The van der Waals surface area contributed by atoms with Crippen molar-refractivity contribution >= 4 is 17.7 Å². The smallest absolute Gasteiger partial charge is 0.233 e. The Kier molecular flexibility index (Phi) is 7.45. The monoisotopic (exact) mass is 414 g/mol. The molecule has 156 valence electrons. The van der Waals surface area contributed by atoms with E-state index in [-0.39, 0.29) is 5.91 Å². The Hall–Kier alpha value is -2.18. The number of carbonyl (C=O) groups excluding carboxylic acids is 1. The number of benzene rings is 2. The van der Waals surface area contributed by atoms with Gasteiger partial charge >= 0.3 is 0 Å². The van der Waals surface area contributed by atoms with E-state index in [1.54, 1.807) is 26.0 Å². The number of methoxy groups -OCH3 is 2. The highest BCUT2D eigenvalue weighted by atomic mass is 32.2. The van der Waals surface area contributed by atoms with Crippen LogP contribution in [0.5, 0.6) is 11.5 Å². The number of hydrogen-bond acceptors (Lipinski definition) is 5. The molecule has 1 aliphatic rings. The molecule has 3 rings (SSSR count). The van der Waals surface area contributed by atoms with Gasteiger partial charge in [0.05, 0.1) is 20.0 Å². The minimum atomic E-state index is 0.217. The fraction of sp³-hybridized carbons (Fsp3) is 0.435. The molecule has 0 aromatic heterocycles. The third-order valence-electron chi connectivity index (χ3n) is 5.30. The number of aryl methyl sites for hydroxylation is 2. The van der Waals surface area contributed by atoms with Crippen LogP contribution in [0.15, 0.2) is 41.3 Å². The van der Waals surface area contributed by atoms with Crippen LogP contribution in [-0.2, 0) is 11.3 Å². The van der Waals surface area contributed by atoms with Crippen molar-refractivity contribution in [1.82, 2.24) is 9.80 Å². The third-order valence-corrected chi connectivity index (χ3v) is 6.44. The van der Waals surface area contributed by atoms with Gasteiger partial charge in [0.15, 0.2) is 0 Å². The second-order valence-electron chi connectivity index (χ2n) is 7.39. The molecular formula is C23H30N2O3S. The summed E-state index contributed by atoms with van der Waals surface area (Å²) in [6, 6.07) is 12.3. The van der Waals surface area contributed by atoms with E-state index in [1.807, 2.05) is 23.1 Å². The van der Waals surface area contributed by atoms with Crippen molar-refractivity contribution in [3.63, 3.8) is 0 Å². The Labute approximate surface area is 178 Å². The molecule has 1 amide bonds. The molecule has 0 N–H and O–H groups in total. The van der Waals surface area contributed by atoms with Crippen LogP contribution in [0.3, 0.4) is 0 Å². The van der Waals surface area contributed by atoms with Gasteiger partial charge in [-0.3, -0.25) is 9.69 Å². The van der Waals surface area contributed by atoms with Gasteiger partial charge in [-0.05, 0) is 43.7 Å².